The van der Waals surface area contributed by atoms with Crippen LogP contribution in [0.1, 0.15) is 66.0 Å². The van der Waals surface area contributed by atoms with E-state index in [2.05, 4.69) is 15.3 Å². The van der Waals surface area contributed by atoms with Gasteiger partial charge in [-0.3, -0.25) is 14.6 Å². The number of nitrogens with zero attached hydrogens (tertiary/aromatic N) is 3. The van der Waals surface area contributed by atoms with Gasteiger partial charge in [0.15, 0.2) is 0 Å². The Balaban J connectivity index is 1.71. The van der Waals surface area contributed by atoms with Crippen LogP contribution >= 0.6 is 11.3 Å². The number of amides is 2. The van der Waals surface area contributed by atoms with E-state index in [-0.39, 0.29) is 23.6 Å². The number of thiophene rings is 1. The molecule has 2 heterocycles. The lowest BCUT2D eigenvalue weighted by atomic mass is 9.94. The van der Waals surface area contributed by atoms with Gasteiger partial charge in [0, 0.05) is 23.3 Å². The minimum atomic E-state index is -0.811. The van der Waals surface area contributed by atoms with Crippen LogP contribution in [-0.4, -0.2) is 39.3 Å². The van der Waals surface area contributed by atoms with E-state index in [1.54, 1.807) is 16.2 Å². The maximum atomic E-state index is 13.8. The Morgan fingerprint density at radius 1 is 1.15 bits per heavy atom. The zero-order valence-corrected chi connectivity index (χ0v) is 20.2. The molecule has 34 heavy (non-hydrogen) atoms. The maximum absolute atomic E-state index is 13.8. The average molecular weight is 479 g/mol. The van der Waals surface area contributed by atoms with Gasteiger partial charge in [-0.25, -0.2) is 4.98 Å². The predicted molar refractivity (Wildman–Crippen MR) is 132 cm³/mol. The standard InChI is InChI=1S/C26H30N4O3S/c1-2-33-21-12-10-19(11-13-21)24(25(31)29-20-7-4-3-5-8-20)30(18-22-9-6-16-34-22)26(32)23-17-27-14-15-28-23/h6,9-17,20,24H,2-5,7-8,18H2,1H3,(H,29,31). The first-order valence-electron chi connectivity index (χ1n) is 11.8. The molecule has 2 aromatic heterocycles. The van der Waals surface area contributed by atoms with E-state index in [4.69, 9.17) is 4.74 Å². The van der Waals surface area contributed by atoms with Gasteiger partial charge in [0.2, 0.25) is 5.91 Å². The molecule has 1 saturated carbocycles. The number of benzene rings is 1. The summed E-state index contributed by atoms with van der Waals surface area (Å²) in [7, 11) is 0. The summed E-state index contributed by atoms with van der Waals surface area (Å²) >= 11 is 1.55. The number of rotatable bonds is 9. The normalized spacial score (nSPS) is 14.9. The summed E-state index contributed by atoms with van der Waals surface area (Å²) < 4.78 is 5.59. The van der Waals surface area contributed by atoms with E-state index in [1.807, 2.05) is 48.7 Å². The fourth-order valence-electron chi connectivity index (χ4n) is 4.32. The molecular formula is C26H30N4O3S. The molecule has 1 aliphatic carbocycles. The molecule has 8 heteroatoms. The van der Waals surface area contributed by atoms with Gasteiger partial charge in [-0.15, -0.1) is 11.3 Å². The molecule has 1 unspecified atom stereocenters. The van der Waals surface area contributed by atoms with Gasteiger partial charge in [0.05, 0.1) is 19.3 Å². The fraction of sp³-hybridized carbons (Fsp3) is 0.385. The maximum Gasteiger partial charge on any atom is 0.275 e. The average Bonchev–Trinajstić information content (AvgIpc) is 3.39. The number of hydrogen-bond acceptors (Lipinski definition) is 6. The molecule has 1 fully saturated rings. The Labute approximate surface area is 204 Å². The van der Waals surface area contributed by atoms with Gasteiger partial charge in [-0.1, -0.05) is 37.5 Å². The molecular weight excluding hydrogens is 448 g/mol. The van der Waals surface area contributed by atoms with Gasteiger partial charge in [0.1, 0.15) is 17.5 Å². The Morgan fingerprint density at radius 2 is 1.94 bits per heavy atom. The van der Waals surface area contributed by atoms with Crippen LogP contribution in [0.2, 0.25) is 0 Å². The van der Waals surface area contributed by atoms with E-state index < -0.39 is 6.04 Å². The summed E-state index contributed by atoms with van der Waals surface area (Å²) in [5.41, 5.74) is 0.936. The molecule has 0 saturated heterocycles. The van der Waals surface area contributed by atoms with Gasteiger partial charge >= 0.3 is 0 Å². The van der Waals surface area contributed by atoms with Crippen molar-refractivity contribution in [2.75, 3.05) is 6.61 Å². The number of carbonyl (C=O) groups excluding carboxylic acids is 2. The first-order valence-corrected chi connectivity index (χ1v) is 12.7. The van der Waals surface area contributed by atoms with Crippen molar-refractivity contribution in [3.05, 3.63) is 76.5 Å². The first-order chi connectivity index (χ1) is 16.7. The highest BCUT2D eigenvalue weighted by molar-refractivity contribution is 7.09. The van der Waals surface area contributed by atoms with Crippen molar-refractivity contribution < 1.29 is 14.3 Å². The van der Waals surface area contributed by atoms with Crippen molar-refractivity contribution in [3.63, 3.8) is 0 Å². The predicted octanol–water partition coefficient (Wildman–Crippen LogP) is 4.77. The summed E-state index contributed by atoms with van der Waals surface area (Å²) in [6.45, 7) is 2.78. The number of nitrogens with one attached hydrogen (secondary N) is 1. The molecule has 1 aliphatic rings. The minimum Gasteiger partial charge on any atom is -0.494 e. The second-order valence-corrected chi connectivity index (χ2v) is 9.38. The number of aromatic nitrogens is 2. The van der Waals surface area contributed by atoms with Crippen LogP contribution in [0.5, 0.6) is 5.75 Å². The van der Waals surface area contributed by atoms with Gasteiger partial charge in [-0.2, -0.15) is 0 Å². The monoisotopic (exact) mass is 478 g/mol. The Kier molecular flexibility index (Phi) is 8.25. The third kappa shape index (κ3) is 5.99. The van der Waals surface area contributed by atoms with Crippen LogP contribution in [0.3, 0.4) is 0 Å². The van der Waals surface area contributed by atoms with E-state index in [1.165, 1.54) is 25.0 Å². The lowest BCUT2D eigenvalue weighted by molar-refractivity contribution is -0.127. The fourth-order valence-corrected chi connectivity index (χ4v) is 5.02. The Hall–Kier alpha value is -3.26. The zero-order chi connectivity index (χ0) is 23.8. The molecule has 2 amide bonds. The van der Waals surface area contributed by atoms with Crippen LogP contribution in [0.4, 0.5) is 0 Å². The lowest BCUT2D eigenvalue weighted by Crippen LogP contribution is -2.47. The molecule has 1 N–H and O–H groups in total. The van der Waals surface area contributed by atoms with Crippen LogP contribution in [0, 0.1) is 0 Å². The van der Waals surface area contributed by atoms with Gasteiger partial charge in [0.25, 0.3) is 5.91 Å². The van der Waals surface area contributed by atoms with Crippen LogP contribution < -0.4 is 10.1 Å². The SMILES string of the molecule is CCOc1ccc(C(C(=O)NC2CCCCC2)N(Cc2cccs2)C(=O)c2cnccn2)cc1. The summed E-state index contributed by atoms with van der Waals surface area (Å²) in [5, 5.41) is 5.19. The molecule has 0 aliphatic heterocycles. The van der Waals surface area contributed by atoms with Crippen LogP contribution in [0.25, 0.3) is 0 Å². The highest BCUT2D eigenvalue weighted by Crippen LogP contribution is 2.29. The Bertz CT molecular complexity index is 1050. The Morgan fingerprint density at radius 3 is 2.59 bits per heavy atom. The van der Waals surface area contributed by atoms with Crippen molar-refractivity contribution in [3.8, 4) is 5.75 Å². The van der Waals surface area contributed by atoms with E-state index >= 15 is 0 Å². The summed E-state index contributed by atoms with van der Waals surface area (Å²) in [4.78, 5) is 38.3. The molecule has 3 aromatic rings. The van der Waals surface area contributed by atoms with Crippen molar-refractivity contribution in [1.29, 1.82) is 0 Å². The number of hydrogen-bond donors (Lipinski definition) is 1. The van der Waals surface area contributed by atoms with Gasteiger partial charge in [-0.05, 0) is 48.9 Å². The van der Waals surface area contributed by atoms with Crippen molar-refractivity contribution in [2.24, 2.45) is 0 Å². The van der Waals surface area contributed by atoms with Crippen LogP contribution in [0.15, 0.2) is 60.4 Å². The third-order valence-electron chi connectivity index (χ3n) is 5.97. The zero-order valence-electron chi connectivity index (χ0n) is 19.4. The third-order valence-corrected chi connectivity index (χ3v) is 6.83. The summed E-state index contributed by atoms with van der Waals surface area (Å²) in [6.07, 6.45) is 9.80. The van der Waals surface area contributed by atoms with E-state index in [0.717, 1.165) is 41.9 Å². The van der Waals surface area contributed by atoms with Crippen molar-refractivity contribution in [2.45, 2.75) is 57.7 Å². The summed E-state index contributed by atoms with van der Waals surface area (Å²) in [5.74, 6) is 0.215. The smallest absolute Gasteiger partial charge is 0.275 e. The van der Waals surface area contributed by atoms with Crippen molar-refractivity contribution in [1.82, 2.24) is 20.2 Å². The van der Waals surface area contributed by atoms with E-state index in [0.29, 0.717) is 13.2 Å². The molecule has 1 atom stereocenters. The topological polar surface area (TPSA) is 84.4 Å². The first kappa shape index (κ1) is 23.9. The molecule has 0 spiro atoms. The van der Waals surface area contributed by atoms with Crippen molar-refractivity contribution >= 4 is 23.2 Å². The van der Waals surface area contributed by atoms with Crippen LogP contribution in [-0.2, 0) is 11.3 Å². The number of carbonyl (C=O) groups is 2. The largest absolute Gasteiger partial charge is 0.494 e. The second-order valence-electron chi connectivity index (χ2n) is 8.35. The second kappa shape index (κ2) is 11.7. The molecule has 0 bridgehead atoms. The molecule has 178 valence electrons. The molecule has 4 rings (SSSR count). The molecule has 7 nitrogen and oxygen atoms in total. The number of ether oxygens (including phenoxy) is 1. The van der Waals surface area contributed by atoms with E-state index in [9.17, 15) is 9.59 Å². The minimum absolute atomic E-state index is 0.127. The summed E-state index contributed by atoms with van der Waals surface area (Å²) in [6, 6.07) is 10.6. The molecule has 0 radical (unpaired) electrons. The highest BCUT2D eigenvalue weighted by Gasteiger charge is 2.34. The van der Waals surface area contributed by atoms with Gasteiger partial charge < -0.3 is 15.0 Å². The highest BCUT2D eigenvalue weighted by atomic mass is 32.1. The lowest BCUT2D eigenvalue weighted by Gasteiger charge is -2.33. The quantitative estimate of drug-likeness (QED) is 0.479. The molecule has 1 aromatic carbocycles.